The van der Waals surface area contributed by atoms with E-state index in [4.69, 9.17) is 16.3 Å². The zero-order valence-corrected chi connectivity index (χ0v) is 14.5. The number of rotatable bonds is 3. The van der Waals surface area contributed by atoms with E-state index < -0.39 is 5.83 Å². The van der Waals surface area contributed by atoms with Crippen molar-refractivity contribution in [3.8, 4) is 0 Å². The van der Waals surface area contributed by atoms with Crippen LogP contribution in [0, 0.1) is 0 Å². The van der Waals surface area contributed by atoms with E-state index in [0.29, 0.717) is 36.0 Å². The predicted molar refractivity (Wildman–Crippen MR) is 88.3 cm³/mol. The Morgan fingerprint density at radius 2 is 1.79 bits per heavy atom. The van der Waals surface area contributed by atoms with Crippen LogP contribution in [-0.2, 0) is 14.3 Å². The molecule has 6 heteroatoms. The highest BCUT2D eigenvalue weighted by atomic mass is 35.5. The Morgan fingerprint density at radius 3 is 2.29 bits per heavy atom. The first kappa shape index (κ1) is 17.0. The first-order valence-electron chi connectivity index (χ1n) is 8.14. The molecule has 4 nitrogen and oxygen atoms in total. The zero-order valence-electron chi connectivity index (χ0n) is 13.7. The van der Waals surface area contributed by atoms with Gasteiger partial charge in [0, 0.05) is 16.7 Å². The number of halogens is 2. The number of allylic oxidation sites excluding steroid dienone is 4. The lowest BCUT2D eigenvalue weighted by atomic mass is 9.93. The van der Waals surface area contributed by atoms with Crippen molar-refractivity contribution in [1.29, 1.82) is 0 Å². The lowest BCUT2D eigenvalue weighted by Crippen LogP contribution is -2.32. The maximum absolute atomic E-state index is 14.6. The number of hydrogen-bond donors (Lipinski definition) is 0. The molecule has 3 aliphatic rings. The largest absolute Gasteiger partial charge is 0.480 e. The molecule has 128 valence electrons. The Hall–Kier alpha value is -1.88. The lowest BCUT2D eigenvalue weighted by molar-refractivity contribution is -0.135. The summed E-state index contributed by atoms with van der Waals surface area (Å²) in [5.74, 6) is -1.42. The van der Waals surface area contributed by atoms with Crippen LogP contribution in [0.5, 0.6) is 0 Å². The van der Waals surface area contributed by atoms with E-state index >= 15 is 0 Å². The van der Waals surface area contributed by atoms with Crippen LogP contribution in [0.2, 0.25) is 0 Å². The molecular weight excluding hydrogens is 333 g/mol. The normalized spacial score (nSPS) is 23.5. The van der Waals surface area contributed by atoms with Gasteiger partial charge < -0.3 is 4.74 Å². The summed E-state index contributed by atoms with van der Waals surface area (Å²) in [5.41, 5.74) is 1.59. The minimum Gasteiger partial charge on any atom is -0.480 e. The highest BCUT2D eigenvalue weighted by Gasteiger charge is 2.42. The minimum absolute atomic E-state index is 0.0113. The third-order valence-electron chi connectivity index (χ3n) is 4.28. The van der Waals surface area contributed by atoms with E-state index in [1.165, 1.54) is 12.2 Å². The van der Waals surface area contributed by atoms with E-state index in [-0.39, 0.29) is 28.8 Å². The van der Waals surface area contributed by atoms with Gasteiger partial charge in [0.15, 0.2) is 5.22 Å². The van der Waals surface area contributed by atoms with E-state index in [2.05, 4.69) is 0 Å². The number of hydrogen-bond acceptors (Lipinski definition) is 3. The van der Waals surface area contributed by atoms with Crippen molar-refractivity contribution in [3.63, 3.8) is 0 Å². The standard InChI is InChI=1S/C18H19ClFNO3/c1-10(2)24-16(19)11-7-8-15(14(20)9-11)21-17(22)12-5-3-4-6-13(12)18(21)23/h8-10H,3-7H2,1-2H3. The van der Waals surface area contributed by atoms with Gasteiger partial charge in [-0.05, 0) is 63.6 Å². The molecule has 0 spiro atoms. The quantitative estimate of drug-likeness (QED) is 0.564. The summed E-state index contributed by atoms with van der Waals surface area (Å²) in [6, 6.07) is 0. The Bertz CT molecular complexity index is 703. The molecule has 2 aliphatic carbocycles. The second-order valence-electron chi connectivity index (χ2n) is 6.36. The van der Waals surface area contributed by atoms with Gasteiger partial charge in [0.1, 0.15) is 5.83 Å². The van der Waals surface area contributed by atoms with Gasteiger partial charge in [-0.25, -0.2) is 9.29 Å². The monoisotopic (exact) mass is 351 g/mol. The first-order valence-corrected chi connectivity index (χ1v) is 8.51. The van der Waals surface area contributed by atoms with Crippen LogP contribution in [0.4, 0.5) is 4.39 Å². The van der Waals surface area contributed by atoms with Crippen LogP contribution in [0.15, 0.2) is 45.6 Å². The molecule has 0 radical (unpaired) electrons. The predicted octanol–water partition coefficient (Wildman–Crippen LogP) is 4.24. The molecule has 0 fully saturated rings. The Balaban J connectivity index is 1.85. The molecule has 0 bridgehead atoms. The Labute approximate surface area is 145 Å². The highest BCUT2D eigenvalue weighted by Crippen LogP contribution is 2.38. The van der Waals surface area contributed by atoms with Gasteiger partial charge in [-0.15, -0.1) is 0 Å². The third-order valence-corrected chi connectivity index (χ3v) is 4.62. The minimum atomic E-state index is -0.650. The van der Waals surface area contributed by atoms with Crippen LogP contribution < -0.4 is 0 Å². The van der Waals surface area contributed by atoms with Crippen molar-refractivity contribution in [1.82, 2.24) is 4.90 Å². The van der Waals surface area contributed by atoms with Gasteiger partial charge in [0.25, 0.3) is 11.8 Å². The van der Waals surface area contributed by atoms with Crippen molar-refractivity contribution in [3.05, 3.63) is 45.6 Å². The SMILES string of the molecule is CC(C)OC(Cl)=C1C=C(F)C(N2C(=O)C3=C(CCCC3)C2=O)=CC1. The average molecular weight is 352 g/mol. The van der Waals surface area contributed by atoms with Crippen molar-refractivity contribution >= 4 is 23.4 Å². The van der Waals surface area contributed by atoms with Gasteiger partial charge in [0.2, 0.25) is 0 Å². The molecule has 1 aliphatic heterocycles. The number of carbonyl (C=O) groups excluding carboxylic acids is 2. The second-order valence-corrected chi connectivity index (χ2v) is 6.70. The van der Waals surface area contributed by atoms with Crippen molar-refractivity contribution < 1.29 is 18.7 Å². The molecular formula is C18H19ClFNO3. The molecule has 0 atom stereocenters. The highest BCUT2D eigenvalue weighted by molar-refractivity contribution is 6.29. The zero-order chi connectivity index (χ0) is 17.4. The number of carbonyl (C=O) groups is 2. The van der Waals surface area contributed by atoms with Crippen LogP contribution in [0.3, 0.4) is 0 Å². The van der Waals surface area contributed by atoms with Gasteiger partial charge in [0.05, 0.1) is 11.8 Å². The van der Waals surface area contributed by atoms with Crippen molar-refractivity contribution in [2.75, 3.05) is 0 Å². The summed E-state index contributed by atoms with van der Waals surface area (Å²) in [5, 5.41) is 0.131. The van der Waals surface area contributed by atoms with Crippen LogP contribution >= 0.6 is 11.6 Å². The second kappa shape index (κ2) is 6.55. The van der Waals surface area contributed by atoms with E-state index in [0.717, 1.165) is 17.7 Å². The first-order chi connectivity index (χ1) is 11.4. The fourth-order valence-electron chi connectivity index (χ4n) is 3.17. The topological polar surface area (TPSA) is 46.6 Å². The molecule has 3 rings (SSSR count). The van der Waals surface area contributed by atoms with E-state index in [1.807, 2.05) is 13.8 Å². The number of nitrogens with zero attached hydrogens (tertiary/aromatic N) is 1. The van der Waals surface area contributed by atoms with Crippen molar-refractivity contribution in [2.24, 2.45) is 0 Å². The summed E-state index contributed by atoms with van der Waals surface area (Å²) < 4.78 is 19.9. The molecule has 2 amide bonds. The number of amides is 2. The average Bonchev–Trinajstić information content (AvgIpc) is 2.79. The molecule has 24 heavy (non-hydrogen) atoms. The van der Waals surface area contributed by atoms with Gasteiger partial charge in [-0.2, -0.15) is 0 Å². The van der Waals surface area contributed by atoms with E-state index in [9.17, 15) is 14.0 Å². The molecule has 0 N–H and O–H groups in total. The molecule has 0 unspecified atom stereocenters. The summed E-state index contributed by atoms with van der Waals surface area (Å²) in [4.78, 5) is 26.0. The Kier molecular flexibility index (Phi) is 4.63. The smallest absolute Gasteiger partial charge is 0.261 e. The van der Waals surface area contributed by atoms with Gasteiger partial charge in [-0.1, -0.05) is 6.08 Å². The molecule has 1 heterocycles. The third kappa shape index (κ3) is 2.93. The maximum atomic E-state index is 14.6. The molecule has 0 aromatic carbocycles. The fraction of sp³-hybridized carbons (Fsp3) is 0.444. The van der Waals surface area contributed by atoms with Crippen LogP contribution in [0.25, 0.3) is 0 Å². The Morgan fingerprint density at radius 1 is 1.21 bits per heavy atom. The van der Waals surface area contributed by atoms with Crippen LogP contribution in [0.1, 0.15) is 46.0 Å². The lowest BCUT2D eigenvalue weighted by Gasteiger charge is -2.21. The molecule has 0 saturated heterocycles. The molecule has 0 saturated carbocycles. The summed E-state index contributed by atoms with van der Waals surface area (Å²) in [6.07, 6.45) is 5.89. The summed E-state index contributed by atoms with van der Waals surface area (Å²) in [7, 11) is 0. The fourth-order valence-corrected chi connectivity index (χ4v) is 3.48. The van der Waals surface area contributed by atoms with Crippen LogP contribution in [-0.4, -0.2) is 22.8 Å². The van der Waals surface area contributed by atoms with E-state index in [1.54, 1.807) is 0 Å². The molecule has 0 aromatic rings. The number of imide groups is 1. The van der Waals surface area contributed by atoms with Gasteiger partial charge >= 0.3 is 0 Å². The van der Waals surface area contributed by atoms with Gasteiger partial charge in [-0.3, -0.25) is 9.59 Å². The number of ether oxygens (including phenoxy) is 1. The molecule has 0 aromatic heterocycles. The summed E-state index contributed by atoms with van der Waals surface area (Å²) >= 11 is 6.05. The van der Waals surface area contributed by atoms with Crippen molar-refractivity contribution in [2.45, 2.75) is 52.1 Å². The maximum Gasteiger partial charge on any atom is 0.261 e. The summed E-state index contributed by atoms with van der Waals surface area (Å²) in [6.45, 7) is 3.65.